The first kappa shape index (κ1) is 16.6. The van der Waals surface area contributed by atoms with Crippen LogP contribution in [0, 0.1) is 5.92 Å². The highest BCUT2D eigenvalue weighted by molar-refractivity contribution is 5.78. The van der Waals surface area contributed by atoms with Crippen molar-refractivity contribution in [1.29, 1.82) is 0 Å². The van der Waals surface area contributed by atoms with Gasteiger partial charge in [0.15, 0.2) is 0 Å². The Morgan fingerprint density at radius 3 is 2.73 bits per heavy atom. The summed E-state index contributed by atoms with van der Waals surface area (Å²) in [6, 6.07) is 7.94. The second-order valence-electron chi connectivity index (χ2n) is 5.75. The number of amides is 1. The van der Waals surface area contributed by atoms with Gasteiger partial charge in [-0.3, -0.25) is 4.79 Å². The minimum atomic E-state index is 0.152. The number of benzene rings is 1. The normalized spacial score (nSPS) is 21.2. The van der Waals surface area contributed by atoms with Crippen LogP contribution in [0.15, 0.2) is 24.3 Å². The van der Waals surface area contributed by atoms with Crippen molar-refractivity contribution in [3.05, 3.63) is 24.3 Å². The van der Waals surface area contributed by atoms with E-state index in [1.807, 2.05) is 24.3 Å². The molecule has 1 saturated heterocycles. The minimum Gasteiger partial charge on any atom is -0.497 e. The van der Waals surface area contributed by atoms with Crippen molar-refractivity contribution in [2.45, 2.75) is 32.2 Å². The third kappa shape index (κ3) is 5.22. The van der Waals surface area contributed by atoms with E-state index in [2.05, 4.69) is 17.6 Å². The van der Waals surface area contributed by atoms with E-state index in [0.29, 0.717) is 19.2 Å². The van der Waals surface area contributed by atoms with Gasteiger partial charge in [0.25, 0.3) is 0 Å². The van der Waals surface area contributed by atoms with Gasteiger partial charge in [-0.25, -0.2) is 0 Å². The summed E-state index contributed by atoms with van der Waals surface area (Å²) in [7, 11) is 1.64. The fourth-order valence-electron chi connectivity index (χ4n) is 2.66. The van der Waals surface area contributed by atoms with Crippen LogP contribution < -0.4 is 20.1 Å². The number of carbonyl (C=O) groups excluding carboxylic acids is 1. The van der Waals surface area contributed by atoms with Crippen molar-refractivity contribution in [2.24, 2.45) is 5.92 Å². The molecule has 5 heteroatoms. The first-order valence-corrected chi connectivity index (χ1v) is 7.97. The molecule has 1 aromatic rings. The average molecular weight is 306 g/mol. The van der Waals surface area contributed by atoms with E-state index < -0.39 is 0 Å². The molecule has 0 unspecified atom stereocenters. The molecule has 0 bridgehead atoms. The molecule has 2 rings (SSSR count). The topological polar surface area (TPSA) is 59.6 Å². The minimum absolute atomic E-state index is 0.152. The van der Waals surface area contributed by atoms with Crippen molar-refractivity contribution >= 4 is 5.91 Å². The van der Waals surface area contributed by atoms with Gasteiger partial charge in [0.2, 0.25) is 5.91 Å². The molecule has 22 heavy (non-hydrogen) atoms. The highest BCUT2D eigenvalue weighted by atomic mass is 16.5. The molecule has 0 spiro atoms. The van der Waals surface area contributed by atoms with E-state index in [9.17, 15) is 4.79 Å². The van der Waals surface area contributed by atoms with E-state index in [0.717, 1.165) is 37.3 Å². The molecule has 1 aromatic carbocycles. The maximum atomic E-state index is 12.1. The molecule has 2 atom stereocenters. The quantitative estimate of drug-likeness (QED) is 0.756. The van der Waals surface area contributed by atoms with Crippen LogP contribution in [0.5, 0.6) is 11.5 Å². The Kier molecular flexibility index (Phi) is 6.52. The molecule has 1 amide bonds. The average Bonchev–Trinajstić information content (AvgIpc) is 2.55. The molecule has 5 nitrogen and oxygen atoms in total. The number of piperidine rings is 1. The monoisotopic (exact) mass is 306 g/mol. The Morgan fingerprint density at radius 2 is 2.05 bits per heavy atom. The van der Waals surface area contributed by atoms with Gasteiger partial charge in [0, 0.05) is 18.5 Å². The highest BCUT2D eigenvalue weighted by Crippen LogP contribution is 2.17. The van der Waals surface area contributed by atoms with Crippen LogP contribution in [0.25, 0.3) is 0 Å². The van der Waals surface area contributed by atoms with Gasteiger partial charge in [0.05, 0.1) is 13.7 Å². The molecule has 122 valence electrons. The SMILES string of the molecule is COc1ccc(OCCCNC(=O)[C@H]2CCN[C@@H](C)C2)cc1. The van der Waals surface area contributed by atoms with Crippen LogP contribution in [0.1, 0.15) is 26.2 Å². The zero-order chi connectivity index (χ0) is 15.8. The molecule has 1 aliphatic heterocycles. The van der Waals surface area contributed by atoms with Gasteiger partial charge in [-0.05, 0) is 57.0 Å². The third-order valence-electron chi connectivity index (χ3n) is 3.94. The number of methoxy groups -OCH3 is 1. The molecule has 0 aliphatic carbocycles. The van der Waals surface area contributed by atoms with E-state index >= 15 is 0 Å². The molecule has 1 fully saturated rings. The summed E-state index contributed by atoms with van der Waals surface area (Å²) < 4.78 is 10.7. The van der Waals surface area contributed by atoms with Crippen molar-refractivity contribution < 1.29 is 14.3 Å². The number of ether oxygens (including phenoxy) is 2. The van der Waals surface area contributed by atoms with Gasteiger partial charge in [-0.1, -0.05) is 0 Å². The highest BCUT2D eigenvalue weighted by Gasteiger charge is 2.24. The first-order valence-electron chi connectivity index (χ1n) is 7.97. The van der Waals surface area contributed by atoms with E-state index in [1.165, 1.54) is 0 Å². The molecule has 0 radical (unpaired) electrons. The fraction of sp³-hybridized carbons (Fsp3) is 0.588. The summed E-state index contributed by atoms with van der Waals surface area (Å²) in [6.07, 6.45) is 2.66. The van der Waals surface area contributed by atoms with Crippen LogP contribution in [0.3, 0.4) is 0 Å². The van der Waals surface area contributed by atoms with E-state index in [1.54, 1.807) is 7.11 Å². The summed E-state index contributed by atoms with van der Waals surface area (Å²) in [5.41, 5.74) is 0. The molecule has 0 saturated carbocycles. The van der Waals surface area contributed by atoms with Crippen LogP contribution in [-0.4, -0.2) is 38.8 Å². The van der Waals surface area contributed by atoms with Crippen molar-refractivity contribution in [1.82, 2.24) is 10.6 Å². The number of hydrogen-bond donors (Lipinski definition) is 2. The summed E-state index contributed by atoms with van der Waals surface area (Å²) in [6.45, 7) is 4.31. The van der Waals surface area contributed by atoms with Crippen LogP contribution in [-0.2, 0) is 4.79 Å². The van der Waals surface area contributed by atoms with Crippen LogP contribution in [0.2, 0.25) is 0 Å². The van der Waals surface area contributed by atoms with Crippen LogP contribution in [0.4, 0.5) is 0 Å². The van der Waals surface area contributed by atoms with Gasteiger partial charge >= 0.3 is 0 Å². The largest absolute Gasteiger partial charge is 0.497 e. The molecular weight excluding hydrogens is 280 g/mol. The van der Waals surface area contributed by atoms with Gasteiger partial charge < -0.3 is 20.1 Å². The molecule has 1 heterocycles. The molecule has 0 aromatic heterocycles. The maximum Gasteiger partial charge on any atom is 0.223 e. The van der Waals surface area contributed by atoms with Gasteiger partial charge in [0.1, 0.15) is 11.5 Å². The Hall–Kier alpha value is -1.75. The third-order valence-corrected chi connectivity index (χ3v) is 3.94. The maximum absolute atomic E-state index is 12.1. The van der Waals surface area contributed by atoms with Crippen molar-refractivity contribution in [2.75, 3.05) is 26.8 Å². The summed E-state index contributed by atoms with van der Waals surface area (Å²) in [5, 5.41) is 6.37. The summed E-state index contributed by atoms with van der Waals surface area (Å²) >= 11 is 0. The summed E-state index contributed by atoms with van der Waals surface area (Å²) in [4.78, 5) is 12.1. The fourth-order valence-corrected chi connectivity index (χ4v) is 2.66. The van der Waals surface area contributed by atoms with Crippen molar-refractivity contribution in [3.63, 3.8) is 0 Å². The Labute approximate surface area is 132 Å². The zero-order valence-electron chi connectivity index (χ0n) is 13.4. The van der Waals surface area contributed by atoms with E-state index in [-0.39, 0.29) is 11.8 Å². The lowest BCUT2D eigenvalue weighted by Crippen LogP contribution is -2.42. The van der Waals surface area contributed by atoms with E-state index in [4.69, 9.17) is 9.47 Å². The molecular formula is C17H26N2O3. The lowest BCUT2D eigenvalue weighted by Gasteiger charge is -2.27. The lowest BCUT2D eigenvalue weighted by molar-refractivity contribution is -0.126. The van der Waals surface area contributed by atoms with Gasteiger partial charge in [-0.2, -0.15) is 0 Å². The predicted octanol–water partition coefficient (Wildman–Crippen LogP) is 1.97. The number of hydrogen-bond acceptors (Lipinski definition) is 4. The number of rotatable bonds is 7. The molecule has 2 N–H and O–H groups in total. The predicted molar refractivity (Wildman–Crippen MR) is 86.3 cm³/mol. The second kappa shape index (κ2) is 8.63. The smallest absolute Gasteiger partial charge is 0.223 e. The standard InChI is InChI=1S/C17H26N2O3/c1-13-12-14(8-10-18-13)17(20)19-9-3-11-22-16-6-4-15(21-2)5-7-16/h4-7,13-14,18H,3,8-12H2,1-2H3,(H,19,20)/t13-,14-/m0/s1. The van der Waals surface area contributed by atoms with Crippen LogP contribution >= 0.6 is 0 Å². The Balaban J connectivity index is 1.59. The van der Waals surface area contributed by atoms with Crippen molar-refractivity contribution in [3.8, 4) is 11.5 Å². The Bertz CT molecular complexity index is 461. The van der Waals surface area contributed by atoms with Gasteiger partial charge in [-0.15, -0.1) is 0 Å². The summed E-state index contributed by atoms with van der Waals surface area (Å²) in [5.74, 6) is 1.96. The lowest BCUT2D eigenvalue weighted by atomic mass is 9.92. The first-order chi connectivity index (χ1) is 10.7. The second-order valence-corrected chi connectivity index (χ2v) is 5.75. The Morgan fingerprint density at radius 1 is 1.32 bits per heavy atom. The number of carbonyl (C=O) groups is 1. The molecule has 1 aliphatic rings. The zero-order valence-corrected chi connectivity index (χ0v) is 13.4. The number of nitrogens with one attached hydrogen (secondary N) is 2.